The molecule has 2 aliphatic heterocycles. The van der Waals surface area contributed by atoms with E-state index in [-0.39, 0.29) is 10.8 Å². The van der Waals surface area contributed by atoms with Gasteiger partial charge in [-0.25, -0.2) is 0 Å². The van der Waals surface area contributed by atoms with Gasteiger partial charge >= 0.3 is 0 Å². The topological polar surface area (TPSA) is 27.9 Å². The summed E-state index contributed by atoms with van der Waals surface area (Å²) in [6.45, 7) is 9.11. The fourth-order valence-corrected chi connectivity index (χ4v) is 8.51. The van der Waals surface area contributed by atoms with E-state index in [0.717, 1.165) is 45.8 Å². The van der Waals surface area contributed by atoms with Crippen LogP contribution in [0.15, 0.2) is 132 Å². The number of methoxy groups -OCH3 is 2. The van der Waals surface area contributed by atoms with E-state index in [2.05, 4.69) is 129 Å². The molecule has 0 saturated carbocycles. The van der Waals surface area contributed by atoms with Crippen LogP contribution in [0.4, 0.5) is 22.7 Å². The molecule has 0 radical (unpaired) electrons. The van der Waals surface area contributed by atoms with Crippen LogP contribution in [0.5, 0.6) is 11.5 Å². The predicted octanol–water partition coefficient (Wildman–Crippen LogP) is 11.7. The normalized spacial score (nSPS) is 18.9. The number of ether oxygens (including phenoxy) is 2. The minimum atomic E-state index is -0.212. The molecule has 5 nitrogen and oxygen atoms in total. The van der Waals surface area contributed by atoms with E-state index in [1.807, 2.05) is 36.4 Å². The molecule has 0 amide bonds. The molecule has 0 atom stereocenters. The number of anilines is 3. The lowest BCUT2D eigenvalue weighted by atomic mass is 9.81. The second-order valence-electron chi connectivity index (χ2n) is 14.8. The third-order valence-electron chi connectivity index (χ3n) is 11.0. The van der Waals surface area contributed by atoms with Crippen molar-refractivity contribution in [2.75, 3.05) is 38.1 Å². The molecule has 0 N–H and O–H groups in total. The number of nitrogens with zero attached hydrogens (tertiary/aromatic N) is 3. The molecule has 0 bridgehead atoms. The molecule has 1 aliphatic carbocycles. The summed E-state index contributed by atoms with van der Waals surface area (Å²) in [5.74, 6) is 1.63. The zero-order chi connectivity index (χ0) is 36.9. The summed E-state index contributed by atoms with van der Waals surface area (Å²) in [6, 6.07) is 29.0. The van der Waals surface area contributed by atoms with Crippen molar-refractivity contribution in [1.82, 2.24) is 0 Å². The Hall–Kier alpha value is -4.71. The number of rotatable bonds is 8. The smallest absolute Gasteiger partial charge is 0.209 e. The number of hydrogen-bond acceptors (Lipinski definition) is 4. The Morgan fingerprint density at radius 1 is 0.712 bits per heavy atom. The third kappa shape index (κ3) is 6.14. The lowest BCUT2D eigenvalue weighted by Gasteiger charge is -2.29. The average Bonchev–Trinajstić information content (AvgIpc) is 3.67. The van der Waals surface area contributed by atoms with E-state index in [0.29, 0.717) is 0 Å². The van der Waals surface area contributed by atoms with Crippen molar-refractivity contribution in [3.8, 4) is 11.5 Å². The minimum absolute atomic E-state index is 0.212. The van der Waals surface area contributed by atoms with E-state index in [1.54, 1.807) is 14.2 Å². The van der Waals surface area contributed by atoms with Crippen molar-refractivity contribution in [3.63, 3.8) is 0 Å². The molecule has 0 unspecified atom stereocenters. The molecule has 0 saturated heterocycles. The Bertz CT molecular complexity index is 2160. The molecule has 3 aliphatic rings. The highest BCUT2D eigenvalue weighted by Gasteiger charge is 2.43. The molecular formula is C45H46Cl2N3O2+. The summed E-state index contributed by atoms with van der Waals surface area (Å²) >= 11 is 13.0. The van der Waals surface area contributed by atoms with Gasteiger partial charge in [0, 0.05) is 63.0 Å². The molecule has 4 aromatic rings. The number of hydrogen-bond donors (Lipinski definition) is 0. The van der Waals surface area contributed by atoms with E-state index < -0.39 is 0 Å². The zero-order valence-electron chi connectivity index (χ0n) is 31.2. The maximum Gasteiger partial charge on any atom is 0.209 e. The predicted molar refractivity (Wildman–Crippen MR) is 218 cm³/mol. The van der Waals surface area contributed by atoms with Gasteiger partial charge in [0.15, 0.2) is 5.71 Å². The highest BCUT2D eigenvalue weighted by atomic mass is 35.5. The van der Waals surface area contributed by atoms with Crippen LogP contribution in [-0.2, 0) is 10.8 Å². The van der Waals surface area contributed by atoms with Crippen molar-refractivity contribution < 1.29 is 14.0 Å². The van der Waals surface area contributed by atoms with Gasteiger partial charge in [-0.3, -0.25) is 0 Å². The first-order valence-corrected chi connectivity index (χ1v) is 18.5. The number of benzene rings is 4. The zero-order valence-corrected chi connectivity index (χ0v) is 32.7. The monoisotopic (exact) mass is 730 g/mol. The molecule has 266 valence electrons. The number of fused-ring (bicyclic) bond motifs is 2. The van der Waals surface area contributed by atoms with Gasteiger partial charge in [0.1, 0.15) is 18.5 Å². The van der Waals surface area contributed by atoms with Crippen molar-refractivity contribution in [2.24, 2.45) is 0 Å². The molecule has 2 heterocycles. The summed E-state index contributed by atoms with van der Waals surface area (Å²) in [5, 5.41) is 1.51. The lowest BCUT2D eigenvalue weighted by molar-refractivity contribution is -0.401. The summed E-state index contributed by atoms with van der Waals surface area (Å²) in [5.41, 5.74) is 12.6. The molecule has 0 spiro atoms. The van der Waals surface area contributed by atoms with Crippen molar-refractivity contribution in [1.29, 1.82) is 0 Å². The molecular weight excluding hydrogens is 685 g/mol. The Morgan fingerprint density at radius 2 is 1.29 bits per heavy atom. The average molecular weight is 732 g/mol. The van der Waals surface area contributed by atoms with E-state index >= 15 is 0 Å². The fraction of sp³-hybridized carbons (Fsp3) is 0.267. The van der Waals surface area contributed by atoms with E-state index in [4.69, 9.17) is 32.7 Å². The Balaban J connectivity index is 1.40. The number of halogens is 2. The largest absolute Gasteiger partial charge is 0.497 e. The molecule has 52 heavy (non-hydrogen) atoms. The van der Waals surface area contributed by atoms with Gasteiger partial charge in [0.25, 0.3) is 0 Å². The van der Waals surface area contributed by atoms with Crippen molar-refractivity contribution >= 4 is 51.7 Å². The van der Waals surface area contributed by atoms with Gasteiger partial charge in [-0.15, -0.1) is 0 Å². The van der Waals surface area contributed by atoms with Gasteiger partial charge in [0.2, 0.25) is 5.69 Å². The molecule has 0 fully saturated rings. The fourth-order valence-electron chi connectivity index (χ4n) is 8.17. The number of likely N-dealkylation sites (N-methyl/N-ethyl adjacent to an activating group) is 1. The highest BCUT2D eigenvalue weighted by molar-refractivity contribution is 6.31. The van der Waals surface area contributed by atoms with Crippen LogP contribution >= 0.6 is 23.2 Å². The molecule has 7 rings (SSSR count). The standard InChI is InChI=1S/C45H46Cl2N3O2/c1-44(2)37-27-31(46)13-23-39(37)48(5)41(44)25-11-29-9-10-30(12-26-42-45(3,4)38-28-32(47)14-24-40(38)49(42)6)43(29)50(33-15-19-35(51-7)20-16-33)34-17-21-36(52-8)22-18-34/h11-28H,9-10H2,1-8H3/q+1. The van der Waals surface area contributed by atoms with Crippen LogP contribution < -0.4 is 19.3 Å². The van der Waals surface area contributed by atoms with Crippen LogP contribution in [0, 0.1) is 0 Å². The third-order valence-corrected chi connectivity index (χ3v) is 11.5. The molecule has 4 aromatic carbocycles. The quantitative estimate of drug-likeness (QED) is 0.169. The van der Waals surface area contributed by atoms with Gasteiger partial charge in [-0.05, 0) is 128 Å². The first-order chi connectivity index (χ1) is 24.8. The van der Waals surface area contributed by atoms with Gasteiger partial charge < -0.3 is 19.3 Å². The van der Waals surface area contributed by atoms with Crippen LogP contribution in [0.3, 0.4) is 0 Å². The second kappa shape index (κ2) is 13.7. The first kappa shape index (κ1) is 35.7. The van der Waals surface area contributed by atoms with Crippen molar-refractivity contribution in [2.45, 2.75) is 51.4 Å². The Kier molecular flexibility index (Phi) is 9.39. The molecule has 0 aromatic heterocycles. The van der Waals surface area contributed by atoms with Crippen molar-refractivity contribution in [3.05, 3.63) is 153 Å². The van der Waals surface area contributed by atoms with Crippen LogP contribution in [0.25, 0.3) is 0 Å². The summed E-state index contributed by atoms with van der Waals surface area (Å²) in [4.78, 5) is 4.67. The maximum atomic E-state index is 6.49. The van der Waals surface area contributed by atoms with Crippen LogP contribution in [0.1, 0.15) is 51.7 Å². The van der Waals surface area contributed by atoms with Gasteiger partial charge in [-0.1, -0.05) is 49.2 Å². The van der Waals surface area contributed by atoms with E-state index in [1.165, 1.54) is 50.8 Å². The van der Waals surface area contributed by atoms with Crippen LogP contribution in [0.2, 0.25) is 10.0 Å². The second-order valence-corrected chi connectivity index (χ2v) is 15.6. The summed E-state index contributed by atoms with van der Waals surface area (Å²) < 4.78 is 13.4. The SMILES string of the molecule is COc1ccc(N(C2=C(C=CC3=[N+](C)c4ccc(Cl)cc4C3(C)C)CCC2=CC=C2N(C)c3ccc(Cl)cc3C2(C)C)c2ccc(OC)cc2)cc1. The Labute approximate surface area is 318 Å². The van der Waals surface area contributed by atoms with Crippen LogP contribution in [-0.4, -0.2) is 38.6 Å². The Morgan fingerprint density at radius 3 is 1.88 bits per heavy atom. The minimum Gasteiger partial charge on any atom is -0.497 e. The summed E-state index contributed by atoms with van der Waals surface area (Å²) in [6.07, 6.45) is 11.1. The van der Waals surface area contributed by atoms with E-state index in [9.17, 15) is 0 Å². The number of allylic oxidation sites excluding steroid dienone is 7. The first-order valence-electron chi connectivity index (χ1n) is 17.7. The maximum absolute atomic E-state index is 6.49. The van der Waals surface area contributed by atoms with Gasteiger partial charge in [0.05, 0.1) is 25.3 Å². The highest BCUT2D eigenvalue weighted by Crippen LogP contribution is 2.49. The molecule has 7 heteroatoms. The summed E-state index contributed by atoms with van der Waals surface area (Å²) in [7, 11) is 7.70. The van der Waals surface area contributed by atoms with Gasteiger partial charge in [-0.2, -0.15) is 4.58 Å². The lowest BCUT2D eigenvalue weighted by Crippen LogP contribution is -2.26.